The zero-order valence-electron chi connectivity index (χ0n) is 12.8. The van der Waals surface area contributed by atoms with Crippen molar-refractivity contribution in [3.63, 3.8) is 0 Å². The molecule has 0 aliphatic heterocycles. The van der Waals surface area contributed by atoms with Crippen molar-refractivity contribution < 1.29 is 8.78 Å². The number of hydrogen-bond acceptors (Lipinski definition) is 2. The Kier molecular flexibility index (Phi) is 3.99. The Morgan fingerprint density at radius 1 is 1.17 bits per heavy atom. The zero-order valence-corrected chi connectivity index (χ0v) is 12.8. The molecule has 0 saturated carbocycles. The number of hydrazone groups is 1. The fourth-order valence-electron chi connectivity index (χ4n) is 2.59. The first-order valence-corrected chi connectivity index (χ1v) is 7.18. The molecule has 0 fully saturated rings. The minimum Gasteiger partial charge on any atom is -0.369 e. The molecule has 2 aromatic carbocycles. The van der Waals surface area contributed by atoms with Crippen LogP contribution in [0.2, 0.25) is 0 Å². The van der Waals surface area contributed by atoms with Crippen molar-refractivity contribution in [1.29, 1.82) is 5.41 Å². The number of rotatable bonds is 3. The summed E-state index contributed by atoms with van der Waals surface area (Å²) in [6.07, 6.45) is 0. The van der Waals surface area contributed by atoms with E-state index in [1.54, 1.807) is 6.92 Å². The van der Waals surface area contributed by atoms with E-state index in [0.717, 1.165) is 28.6 Å². The van der Waals surface area contributed by atoms with E-state index in [4.69, 9.17) is 11.1 Å². The number of halogens is 2. The molecule has 1 heterocycles. The molecule has 0 unspecified atom stereocenters. The van der Waals surface area contributed by atoms with Gasteiger partial charge in [0.25, 0.3) is 0 Å². The second-order valence-corrected chi connectivity index (χ2v) is 5.27. The number of hydrogen-bond donors (Lipinski definition) is 4. The average Bonchev–Trinajstić information content (AvgIpc) is 2.94. The normalized spacial score (nSPS) is 11.7. The van der Waals surface area contributed by atoms with Crippen LogP contribution in [0.15, 0.2) is 47.6 Å². The van der Waals surface area contributed by atoms with Crippen LogP contribution in [0.5, 0.6) is 0 Å². The van der Waals surface area contributed by atoms with Crippen LogP contribution in [0.3, 0.4) is 0 Å². The highest BCUT2D eigenvalue weighted by Gasteiger charge is 2.17. The summed E-state index contributed by atoms with van der Waals surface area (Å²) in [5.41, 5.74) is 10.9. The Morgan fingerprint density at radius 2 is 1.92 bits per heavy atom. The molecule has 0 radical (unpaired) electrons. The molecular weight excluding hydrogens is 312 g/mol. The fraction of sp³-hybridized carbons (Fsp3) is 0.0588. The molecular formula is C17H15F2N5. The third-order valence-corrected chi connectivity index (χ3v) is 3.62. The molecule has 0 aliphatic rings. The fourth-order valence-corrected chi connectivity index (χ4v) is 2.59. The van der Waals surface area contributed by atoms with Crippen molar-refractivity contribution in [3.8, 4) is 11.3 Å². The van der Waals surface area contributed by atoms with Crippen LogP contribution < -0.4 is 11.2 Å². The van der Waals surface area contributed by atoms with Gasteiger partial charge in [-0.25, -0.2) is 14.2 Å². The molecule has 0 atom stereocenters. The van der Waals surface area contributed by atoms with E-state index >= 15 is 0 Å². The van der Waals surface area contributed by atoms with Crippen LogP contribution in [-0.2, 0) is 0 Å². The molecule has 0 amide bonds. The number of H-pyrrole nitrogens is 1. The largest absolute Gasteiger partial charge is 0.369 e. The molecule has 3 rings (SSSR count). The van der Waals surface area contributed by atoms with E-state index < -0.39 is 11.6 Å². The number of fused-ring (bicyclic) bond motifs is 1. The number of guanidine groups is 1. The Balaban J connectivity index is 2.23. The maximum Gasteiger partial charge on any atom is 0.206 e. The molecule has 7 heteroatoms. The second kappa shape index (κ2) is 6.11. The lowest BCUT2D eigenvalue weighted by Gasteiger charge is -2.06. The van der Waals surface area contributed by atoms with Crippen molar-refractivity contribution >= 4 is 22.6 Å². The highest BCUT2D eigenvalue weighted by atomic mass is 19.2. The first-order chi connectivity index (χ1) is 11.5. The SMILES string of the molecule is C/C(=N/NC(=N)N)c1c(-c2ccc(F)c(F)c2)[nH]c2ccccc12. The maximum absolute atomic E-state index is 13.6. The molecule has 24 heavy (non-hydrogen) atoms. The Hall–Kier alpha value is -3.22. The van der Waals surface area contributed by atoms with Gasteiger partial charge in [-0.1, -0.05) is 18.2 Å². The van der Waals surface area contributed by atoms with Crippen LogP contribution in [0.25, 0.3) is 22.2 Å². The van der Waals surface area contributed by atoms with Gasteiger partial charge < -0.3 is 10.7 Å². The predicted molar refractivity (Wildman–Crippen MR) is 90.9 cm³/mol. The van der Waals surface area contributed by atoms with Crippen LogP contribution in [-0.4, -0.2) is 16.7 Å². The molecule has 5 nitrogen and oxygen atoms in total. The van der Waals surface area contributed by atoms with Gasteiger partial charge in [0.1, 0.15) is 0 Å². The summed E-state index contributed by atoms with van der Waals surface area (Å²) in [6, 6.07) is 11.2. The molecule has 122 valence electrons. The topological polar surface area (TPSA) is 90.1 Å². The molecule has 0 bridgehead atoms. The van der Waals surface area contributed by atoms with Gasteiger partial charge in [0.05, 0.1) is 11.4 Å². The predicted octanol–water partition coefficient (Wildman–Crippen LogP) is 3.32. The summed E-state index contributed by atoms with van der Waals surface area (Å²) in [6.45, 7) is 1.74. The second-order valence-electron chi connectivity index (χ2n) is 5.27. The first kappa shape index (κ1) is 15.7. The van der Waals surface area contributed by atoms with Crippen molar-refractivity contribution in [3.05, 3.63) is 59.7 Å². The van der Waals surface area contributed by atoms with Gasteiger partial charge in [-0.15, -0.1) is 0 Å². The summed E-state index contributed by atoms with van der Waals surface area (Å²) < 4.78 is 26.9. The molecule has 0 spiro atoms. The van der Waals surface area contributed by atoms with E-state index in [2.05, 4.69) is 15.5 Å². The van der Waals surface area contributed by atoms with Gasteiger partial charge in [-0.3, -0.25) is 5.41 Å². The number of nitrogens with one attached hydrogen (secondary N) is 3. The van der Waals surface area contributed by atoms with Crippen molar-refractivity contribution in [2.45, 2.75) is 6.92 Å². The summed E-state index contributed by atoms with van der Waals surface area (Å²) in [7, 11) is 0. The summed E-state index contributed by atoms with van der Waals surface area (Å²) in [5.74, 6) is -2.11. The third-order valence-electron chi connectivity index (χ3n) is 3.62. The summed E-state index contributed by atoms with van der Waals surface area (Å²) in [4.78, 5) is 3.21. The lowest BCUT2D eigenvalue weighted by molar-refractivity contribution is 0.509. The molecule has 0 saturated heterocycles. The number of aromatic amines is 1. The van der Waals surface area contributed by atoms with E-state index in [1.165, 1.54) is 6.07 Å². The highest BCUT2D eigenvalue weighted by molar-refractivity contribution is 6.14. The van der Waals surface area contributed by atoms with Gasteiger partial charge in [0, 0.05) is 22.0 Å². The average molecular weight is 327 g/mol. The Bertz CT molecular complexity index is 959. The van der Waals surface area contributed by atoms with Crippen molar-refractivity contribution in [2.24, 2.45) is 10.8 Å². The quantitative estimate of drug-likeness (QED) is 0.338. The van der Waals surface area contributed by atoms with Gasteiger partial charge in [-0.05, 0) is 31.2 Å². The van der Waals surface area contributed by atoms with E-state index in [-0.39, 0.29) is 5.96 Å². The molecule has 0 aliphatic carbocycles. The number of aromatic nitrogens is 1. The minimum atomic E-state index is -0.923. The Labute approximate surface area is 136 Å². The number of benzene rings is 2. The van der Waals surface area contributed by atoms with Crippen molar-refractivity contribution in [1.82, 2.24) is 10.4 Å². The van der Waals surface area contributed by atoms with Crippen LogP contribution in [0.1, 0.15) is 12.5 Å². The van der Waals surface area contributed by atoms with Crippen LogP contribution >= 0.6 is 0 Å². The van der Waals surface area contributed by atoms with E-state index in [9.17, 15) is 8.78 Å². The summed E-state index contributed by atoms with van der Waals surface area (Å²) >= 11 is 0. The van der Waals surface area contributed by atoms with Gasteiger partial charge in [0.15, 0.2) is 11.6 Å². The van der Waals surface area contributed by atoms with Gasteiger partial charge in [-0.2, -0.15) is 5.10 Å². The van der Waals surface area contributed by atoms with E-state index in [0.29, 0.717) is 17.0 Å². The Morgan fingerprint density at radius 3 is 2.62 bits per heavy atom. The molecule has 1 aromatic heterocycles. The van der Waals surface area contributed by atoms with E-state index in [1.807, 2.05) is 24.3 Å². The maximum atomic E-state index is 13.6. The highest BCUT2D eigenvalue weighted by Crippen LogP contribution is 2.31. The van der Waals surface area contributed by atoms with Crippen LogP contribution in [0, 0.1) is 17.0 Å². The van der Waals surface area contributed by atoms with Crippen molar-refractivity contribution in [2.75, 3.05) is 0 Å². The van der Waals surface area contributed by atoms with Gasteiger partial charge >= 0.3 is 0 Å². The lowest BCUT2D eigenvalue weighted by atomic mass is 10.0. The first-order valence-electron chi connectivity index (χ1n) is 7.18. The van der Waals surface area contributed by atoms with Gasteiger partial charge in [0.2, 0.25) is 5.96 Å². The van der Waals surface area contributed by atoms with Crippen LogP contribution in [0.4, 0.5) is 8.78 Å². The smallest absolute Gasteiger partial charge is 0.206 e. The lowest BCUT2D eigenvalue weighted by Crippen LogP contribution is -2.26. The third kappa shape index (κ3) is 2.83. The monoisotopic (exact) mass is 327 g/mol. The number of para-hydroxylation sites is 1. The minimum absolute atomic E-state index is 0.288. The molecule has 5 N–H and O–H groups in total. The zero-order chi connectivity index (χ0) is 17.3. The summed E-state index contributed by atoms with van der Waals surface area (Å²) in [5, 5.41) is 12.2. The number of nitrogens with two attached hydrogens (primary N) is 1. The standard InChI is InChI=1S/C17H15F2N5/c1-9(23-24-17(20)21)15-11-4-2-3-5-14(11)22-16(15)10-6-7-12(18)13(19)8-10/h2-8,22H,1H3,(H4,20,21,24)/b23-9-. The number of nitrogens with zero attached hydrogens (tertiary/aromatic N) is 1. The molecule has 3 aromatic rings.